The number of halogens is 3. The third-order valence-corrected chi connectivity index (χ3v) is 7.22. The van der Waals surface area contributed by atoms with Gasteiger partial charge >= 0.3 is 6.61 Å². The van der Waals surface area contributed by atoms with Gasteiger partial charge in [0, 0.05) is 31.6 Å². The molecule has 1 unspecified atom stereocenters. The Bertz CT molecular complexity index is 1770. The smallest absolute Gasteiger partial charge is 0.387 e. The third-order valence-electron chi connectivity index (χ3n) is 7.22. The Balaban J connectivity index is 1.38. The summed E-state index contributed by atoms with van der Waals surface area (Å²) in [5.41, 5.74) is 0.711. The average Bonchev–Trinajstić information content (AvgIpc) is 3.78. The van der Waals surface area contributed by atoms with Gasteiger partial charge in [0.2, 0.25) is 6.36 Å². The van der Waals surface area contributed by atoms with Crippen molar-refractivity contribution in [1.82, 2.24) is 49.5 Å². The first-order chi connectivity index (χ1) is 21.2. The summed E-state index contributed by atoms with van der Waals surface area (Å²) in [7, 11) is 2.05. The standard InChI is InChI=1S/C27H28F3N11O3/c1-16(28)43-18-6-7-22(44-27(29)30)19(11-18)24-21(33-26(42)20-12-32-40-10-4-8-31-25(20)40)14-39(35-24)15-23-34-36-37-41(23)13-17-5-3-9-38(17)2/h4,6-8,10-12,14,16-17,27H,3,5,9,13,15H2,1-2H3,(H,33,42)/t16?,17-/m0/s1. The van der Waals surface area contributed by atoms with Gasteiger partial charge in [-0.15, -0.1) is 5.10 Å². The number of ether oxygens (including phenoxy) is 2. The average molecular weight is 612 g/mol. The molecule has 5 heterocycles. The molecule has 1 fully saturated rings. The largest absolute Gasteiger partial charge is 0.461 e. The number of alkyl halides is 3. The predicted octanol–water partition coefficient (Wildman–Crippen LogP) is 3.27. The Morgan fingerprint density at radius 1 is 1.23 bits per heavy atom. The van der Waals surface area contributed by atoms with Gasteiger partial charge in [-0.2, -0.15) is 19.0 Å². The number of hydrogen-bond acceptors (Lipinski definition) is 10. The van der Waals surface area contributed by atoms with Crippen LogP contribution in [0.15, 0.2) is 49.1 Å². The topological polar surface area (TPSA) is 142 Å². The first kappa shape index (κ1) is 29.0. The van der Waals surface area contributed by atoms with Crippen molar-refractivity contribution in [3.63, 3.8) is 0 Å². The lowest BCUT2D eigenvalue weighted by Crippen LogP contribution is -2.30. The van der Waals surface area contributed by atoms with E-state index >= 15 is 0 Å². The fraction of sp³-hybridized carbons (Fsp3) is 0.370. The molecule has 6 rings (SSSR count). The highest BCUT2D eigenvalue weighted by Crippen LogP contribution is 2.38. The van der Waals surface area contributed by atoms with Crippen molar-refractivity contribution >= 4 is 17.2 Å². The molecule has 5 aromatic rings. The van der Waals surface area contributed by atoms with Crippen LogP contribution in [0.5, 0.6) is 11.5 Å². The van der Waals surface area contributed by atoms with Gasteiger partial charge in [-0.1, -0.05) is 0 Å². The Morgan fingerprint density at radius 3 is 2.86 bits per heavy atom. The van der Waals surface area contributed by atoms with Crippen LogP contribution in [-0.4, -0.2) is 88.0 Å². The molecule has 1 aliphatic rings. The minimum absolute atomic E-state index is 0.0302. The van der Waals surface area contributed by atoms with Gasteiger partial charge < -0.3 is 19.7 Å². The molecule has 0 radical (unpaired) electrons. The third kappa shape index (κ3) is 6.17. The second-order valence-corrected chi connectivity index (χ2v) is 10.2. The molecule has 1 N–H and O–H groups in total. The molecule has 230 valence electrons. The summed E-state index contributed by atoms with van der Waals surface area (Å²) in [6.07, 6.45) is 6.46. The van der Waals surface area contributed by atoms with E-state index in [-0.39, 0.29) is 46.6 Å². The zero-order valence-electron chi connectivity index (χ0n) is 23.7. The van der Waals surface area contributed by atoms with Crippen LogP contribution in [0.1, 0.15) is 35.9 Å². The number of fused-ring (bicyclic) bond motifs is 1. The maximum Gasteiger partial charge on any atom is 0.387 e. The molecule has 17 heteroatoms. The molecule has 44 heavy (non-hydrogen) atoms. The molecule has 14 nitrogen and oxygen atoms in total. The van der Waals surface area contributed by atoms with Crippen LogP contribution < -0.4 is 14.8 Å². The second kappa shape index (κ2) is 12.3. The van der Waals surface area contributed by atoms with Crippen LogP contribution in [0, 0.1) is 0 Å². The molecule has 0 bridgehead atoms. The fourth-order valence-electron chi connectivity index (χ4n) is 5.16. The summed E-state index contributed by atoms with van der Waals surface area (Å²) in [6.45, 7) is -0.327. The van der Waals surface area contributed by atoms with E-state index in [1.807, 2.05) is 0 Å². The van der Waals surface area contributed by atoms with Gasteiger partial charge in [0.15, 0.2) is 11.5 Å². The maximum absolute atomic E-state index is 13.7. The Labute approximate surface area is 248 Å². The fourth-order valence-corrected chi connectivity index (χ4v) is 5.16. The molecular formula is C27H28F3N11O3. The lowest BCUT2D eigenvalue weighted by Gasteiger charge is -2.19. The minimum Gasteiger partial charge on any atom is -0.461 e. The van der Waals surface area contributed by atoms with Crippen molar-refractivity contribution in [2.75, 3.05) is 18.9 Å². The van der Waals surface area contributed by atoms with Crippen LogP contribution in [0.3, 0.4) is 0 Å². The second-order valence-electron chi connectivity index (χ2n) is 10.2. The van der Waals surface area contributed by atoms with E-state index in [1.165, 1.54) is 52.9 Å². The zero-order chi connectivity index (χ0) is 30.8. The number of carbonyl (C=O) groups is 1. The lowest BCUT2D eigenvalue weighted by atomic mass is 10.1. The summed E-state index contributed by atoms with van der Waals surface area (Å²) in [5.74, 6) is -0.294. The summed E-state index contributed by atoms with van der Waals surface area (Å²) >= 11 is 0. The van der Waals surface area contributed by atoms with Crippen molar-refractivity contribution < 1.29 is 27.4 Å². The molecule has 1 aliphatic heterocycles. The number of rotatable bonds is 11. The quantitative estimate of drug-likeness (QED) is 0.236. The van der Waals surface area contributed by atoms with Gasteiger partial charge in [-0.3, -0.25) is 9.48 Å². The summed E-state index contributed by atoms with van der Waals surface area (Å²) in [5, 5.41) is 23.7. The van der Waals surface area contributed by atoms with Gasteiger partial charge in [-0.25, -0.2) is 18.6 Å². The van der Waals surface area contributed by atoms with E-state index in [4.69, 9.17) is 9.47 Å². The van der Waals surface area contributed by atoms with E-state index in [0.717, 1.165) is 19.4 Å². The molecule has 4 aromatic heterocycles. The maximum atomic E-state index is 13.7. The van der Waals surface area contributed by atoms with E-state index < -0.39 is 18.9 Å². The van der Waals surface area contributed by atoms with E-state index in [2.05, 4.69) is 48.0 Å². The number of aromatic nitrogens is 9. The number of nitrogens with one attached hydrogen (secondary N) is 1. The number of anilines is 1. The molecule has 1 saturated heterocycles. The predicted molar refractivity (Wildman–Crippen MR) is 149 cm³/mol. The van der Waals surface area contributed by atoms with E-state index in [9.17, 15) is 18.0 Å². The Hall–Kier alpha value is -5.06. The van der Waals surface area contributed by atoms with Crippen LogP contribution in [-0.2, 0) is 13.1 Å². The molecule has 2 atom stereocenters. The number of likely N-dealkylation sites (N-methyl/N-ethyl adjacent to an activating group) is 1. The van der Waals surface area contributed by atoms with E-state index in [1.54, 1.807) is 16.9 Å². The number of hydrogen-bond donors (Lipinski definition) is 1. The number of amides is 1. The highest BCUT2D eigenvalue weighted by molar-refractivity contribution is 6.09. The van der Waals surface area contributed by atoms with Gasteiger partial charge in [0.1, 0.15) is 29.3 Å². The highest BCUT2D eigenvalue weighted by Gasteiger charge is 2.25. The minimum atomic E-state index is -3.16. The SMILES string of the molecule is CC(F)Oc1ccc(OC(F)F)c(-c2nn(Cc3nnnn3C[C@@H]3CCCN3C)cc2NC(=O)c2cnn3cccnc23)c1. The van der Waals surface area contributed by atoms with Crippen LogP contribution in [0.4, 0.5) is 18.9 Å². The van der Waals surface area contributed by atoms with Crippen LogP contribution in [0.2, 0.25) is 0 Å². The van der Waals surface area contributed by atoms with Crippen molar-refractivity contribution in [2.45, 2.75) is 51.9 Å². The van der Waals surface area contributed by atoms with Crippen molar-refractivity contribution in [2.24, 2.45) is 0 Å². The van der Waals surface area contributed by atoms with Crippen molar-refractivity contribution in [1.29, 1.82) is 0 Å². The molecule has 1 aromatic carbocycles. The molecular weight excluding hydrogens is 583 g/mol. The highest BCUT2D eigenvalue weighted by atomic mass is 19.3. The zero-order valence-corrected chi connectivity index (χ0v) is 23.7. The molecule has 0 spiro atoms. The Kier molecular flexibility index (Phi) is 8.10. The first-order valence-corrected chi connectivity index (χ1v) is 13.8. The summed E-state index contributed by atoms with van der Waals surface area (Å²) < 4.78 is 55.1. The number of tetrazole rings is 1. The van der Waals surface area contributed by atoms with Crippen molar-refractivity contribution in [3.05, 3.63) is 60.4 Å². The summed E-state index contributed by atoms with van der Waals surface area (Å²) in [4.78, 5) is 19.9. The molecule has 0 aliphatic carbocycles. The monoisotopic (exact) mass is 611 g/mol. The van der Waals surface area contributed by atoms with E-state index in [0.29, 0.717) is 18.0 Å². The number of carbonyl (C=O) groups excluding carboxylic acids is 1. The number of nitrogens with zero attached hydrogens (tertiary/aromatic N) is 10. The number of benzene rings is 1. The number of likely N-dealkylation sites (tertiary alicyclic amines) is 1. The van der Waals surface area contributed by atoms with Gasteiger partial charge in [0.25, 0.3) is 5.91 Å². The van der Waals surface area contributed by atoms with Gasteiger partial charge in [-0.05, 0) is 61.1 Å². The lowest BCUT2D eigenvalue weighted by molar-refractivity contribution is -0.0495. The van der Waals surface area contributed by atoms with Crippen LogP contribution in [0.25, 0.3) is 16.9 Å². The van der Waals surface area contributed by atoms with Crippen LogP contribution >= 0.6 is 0 Å². The first-order valence-electron chi connectivity index (χ1n) is 13.8. The molecule has 0 saturated carbocycles. The molecule has 1 amide bonds. The van der Waals surface area contributed by atoms with Gasteiger partial charge in [0.05, 0.1) is 24.0 Å². The Morgan fingerprint density at radius 2 is 2.09 bits per heavy atom. The van der Waals surface area contributed by atoms with Crippen molar-refractivity contribution in [3.8, 4) is 22.8 Å². The summed E-state index contributed by atoms with van der Waals surface area (Å²) in [6, 6.07) is 5.77. The normalized spacial score (nSPS) is 16.1.